The zero-order chi connectivity index (χ0) is 15.4. The van der Waals surface area contributed by atoms with Gasteiger partial charge in [0.1, 0.15) is 11.5 Å². The molecule has 0 spiro atoms. The summed E-state index contributed by atoms with van der Waals surface area (Å²) >= 11 is 0. The molecule has 0 aliphatic carbocycles. The van der Waals surface area contributed by atoms with Crippen LogP contribution >= 0.6 is 0 Å². The Balaban J connectivity index is 2.43. The molecule has 0 bridgehead atoms. The molecular formula is C17H18O4. The fourth-order valence-corrected chi connectivity index (χ4v) is 1.86. The topological polar surface area (TPSA) is 44.8 Å². The van der Waals surface area contributed by atoms with Gasteiger partial charge in [0.25, 0.3) is 0 Å². The van der Waals surface area contributed by atoms with Crippen molar-refractivity contribution in [2.45, 2.75) is 20.1 Å². The first kappa shape index (κ1) is 15.1. The van der Waals surface area contributed by atoms with Crippen molar-refractivity contribution >= 4 is 16.7 Å². The molecule has 110 valence electrons. The van der Waals surface area contributed by atoms with Gasteiger partial charge in [0.05, 0.1) is 0 Å². The lowest BCUT2D eigenvalue weighted by Crippen LogP contribution is -2.13. The highest BCUT2D eigenvalue weighted by atomic mass is 16.7. The van der Waals surface area contributed by atoms with Gasteiger partial charge in [0.2, 0.25) is 0 Å². The third-order valence-corrected chi connectivity index (χ3v) is 3.02. The molecule has 0 saturated carbocycles. The molecule has 0 N–H and O–H groups in total. The van der Waals surface area contributed by atoms with Gasteiger partial charge in [-0.3, -0.25) is 0 Å². The number of fused-ring (bicyclic) bond motifs is 1. The van der Waals surface area contributed by atoms with Crippen LogP contribution in [0.15, 0.2) is 48.6 Å². The van der Waals surface area contributed by atoms with Crippen LogP contribution < -0.4 is 9.47 Å². The van der Waals surface area contributed by atoms with Gasteiger partial charge in [0.15, 0.2) is 6.29 Å². The number of methoxy groups -OCH3 is 1. The second kappa shape index (κ2) is 6.41. The number of hydrogen-bond acceptors (Lipinski definition) is 4. The van der Waals surface area contributed by atoms with Crippen LogP contribution in [-0.2, 0) is 9.53 Å². The number of hydrogen-bond donors (Lipinski definition) is 0. The third-order valence-electron chi connectivity index (χ3n) is 3.02. The van der Waals surface area contributed by atoms with E-state index in [2.05, 4.69) is 6.58 Å². The molecule has 2 rings (SSSR count). The quantitative estimate of drug-likeness (QED) is 0.364. The Hall–Kier alpha value is -2.33. The Bertz CT molecular complexity index is 676. The van der Waals surface area contributed by atoms with Crippen molar-refractivity contribution in [3.05, 3.63) is 48.6 Å². The van der Waals surface area contributed by atoms with E-state index < -0.39 is 5.97 Å². The highest BCUT2D eigenvalue weighted by Crippen LogP contribution is 2.33. The Morgan fingerprint density at radius 2 is 1.67 bits per heavy atom. The molecule has 0 aliphatic heterocycles. The average Bonchev–Trinajstić information content (AvgIpc) is 2.47. The molecule has 2 aromatic carbocycles. The van der Waals surface area contributed by atoms with Crippen LogP contribution in [0.2, 0.25) is 0 Å². The molecule has 0 heterocycles. The minimum absolute atomic E-state index is 0.354. The second-order valence-corrected chi connectivity index (χ2v) is 4.70. The molecule has 4 heteroatoms. The number of benzene rings is 2. The lowest BCUT2D eigenvalue weighted by Gasteiger charge is -2.15. The summed E-state index contributed by atoms with van der Waals surface area (Å²) in [6.07, 6.45) is -0.364. The molecule has 0 aliphatic rings. The van der Waals surface area contributed by atoms with Crippen molar-refractivity contribution in [2.75, 3.05) is 7.11 Å². The van der Waals surface area contributed by atoms with Crippen LogP contribution in [0.25, 0.3) is 10.8 Å². The van der Waals surface area contributed by atoms with Gasteiger partial charge in [0, 0.05) is 23.5 Å². The highest BCUT2D eigenvalue weighted by molar-refractivity contribution is 5.96. The largest absolute Gasteiger partial charge is 0.465 e. The van der Waals surface area contributed by atoms with Gasteiger partial charge in [-0.1, -0.05) is 30.8 Å². The molecule has 0 saturated heterocycles. The number of carbonyl (C=O) groups excluding carboxylic acids is 1. The molecular weight excluding hydrogens is 268 g/mol. The summed E-state index contributed by atoms with van der Waals surface area (Å²) in [7, 11) is 1.58. The van der Waals surface area contributed by atoms with E-state index in [9.17, 15) is 4.79 Å². The minimum atomic E-state index is -0.445. The second-order valence-electron chi connectivity index (χ2n) is 4.70. The smallest absolute Gasteiger partial charge is 0.338 e. The van der Waals surface area contributed by atoms with Crippen molar-refractivity contribution < 1.29 is 19.0 Å². The molecule has 21 heavy (non-hydrogen) atoms. The van der Waals surface area contributed by atoms with E-state index in [0.717, 1.165) is 10.8 Å². The number of carbonyl (C=O) groups is 1. The van der Waals surface area contributed by atoms with Gasteiger partial charge < -0.3 is 14.2 Å². The first-order valence-electron chi connectivity index (χ1n) is 6.62. The lowest BCUT2D eigenvalue weighted by atomic mass is 10.1. The first-order valence-corrected chi connectivity index (χ1v) is 6.62. The fourth-order valence-electron chi connectivity index (χ4n) is 1.86. The summed E-state index contributed by atoms with van der Waals surface area (Å²) in [6, 6.07) is 11.0. The van der Waals surface area contributed by atoms with Crippen molar-refractivity contribution in [1.29, 1.82) is 0 Å². The van der Waals surface area contributed by atoms with E-state index in [0.29, 0.717) is 17.1 Å². The summed E-state index contributed by atoms with van der Waals surface area (Å²) in [5.41, 5.74) is 0.354. The van der Waals surface area contributed by atoms with Crippen LogP contribution in [0.5, 0.6) is 11.5 Å². The molecule has 1 atom stereocenters. The van der Waals surface area contributed by atoms with Gasteiger partial charge in [-0.05, 0) is 26.0 Å². The van der Waals surface area contributed by atoms with Gasteiger partial charge in [-0.25, -0.2) is 4.79 Å². The van der Waals surface area contributed by atoms with Crippen molar-refractivity contribution in [3.8, 4) is 11.5 Å². The van der Waals surface area contributed by atoms with E-state index in [1.54, 1.807) is 20.1 Å². The molecule has 1 unspecified atom stereocenters. The molecule has 2 aromatic rings. The highest BCUT2D eigenvalue weighted by Gasteiger charge is 2.12. The fraction of sp³-hybridized carbons (Fsp3) is 0.235. The van der Waals surface area contributed by atoms with Crippen LogP contribution in [0.4, 0.5) is 0 Å². The molecule has 4 nitrogen and oxygen atoms in total. The zero-order valence-corrected chi connectivity index (χ0v) is 12.4. The van der Waals surface area contributed by atoms with Crippen molar-refractivity contribution in [2.24, 2.45) is 0 Å². The number of esters is 1. The van der Waals surface area contributed by atoms with Crippen molar-refractivity contribution in [3.63, 3.8) is 0 Å². The standard InChI is InChI=1S/C17H18O4/c1-11(2)17(18)21-16-10-6-7-13-14(16)8-5-9-15(13)20-12(3)19-4/h5-10,12H,1H2,2-4H3. The van der Waals surface area contributed by atoms with E-state index >= 15 is 0 Å². The van der Waals surface area contributed by atoms with Gasteiger partial charge >= 0.3 is 5.97 Å². The van der Waals surface area contributed by atoms with E-state index in [-0.39, 0.29) is 6.29 Å². The number of rotatable bonds is 5. The monoisotopic (exact) mass is 286 g/mol. The third kappa shape index (κ3) is 3.41. The maximum atomic E-state index is 11.7. The maximum absolute atomic E-state index is 11.7. The first-order chi connectivity index (χ1) is 10.0. The molecule has 0 aromatic heterocycles. The normalized spacial score (nSPS) is 12.0. The van der Waals surface area contributed by atoms with E-state index in [4.69, 9.17) is 14.2 Å². The summed E-state index contributed by atoms with van der Waals surface area (Å²) in [4.78, 5) is 11.7. The summed E-state index contributed by atoms with van der Waals surface area (Å²) in [5.74, 6) is 0.713. The average molecular weight is 286 g/mol. The Morgan fingerprint density at radius 1 is 1.10 bits per heavy atom. The maximum Gasteiger partial charge on any atom is 0.338 e. The molecule has 0 fully saturated rings. The van der Waals surface area contributed by atoms with Crippen molar-refractivity contribution in [1.82, 2.24) is 0 Å². The summed E-state index contributed by atoms with van der Waals surface area (Å²) in [5, 5.41) is 1.65. The summed E-state index contributed by atoms with van der Waals surface area (Å²) in [6.45, 7) is 7.01. The Labute approximate surface area is 123 Å². The molecule has 0 radical (unpaired) electrons. The Kier molecular flexibility index (Phi) is 4.60. The Morgan fingerprint density at radius 3 is 2.24 bits per heavy atom. The predicted molar refractivity (Wildman–Crippen MR) is 81.5 cm³/mol. The van der Waals surface area contributed by atoms with E-state index in [1.165, 1.54) is 0 Å². The van der Waals surface area contributed by atoms with Gasteiger partial charge in [-0.15, -0.1) is 0 Å². The van der Waals surface area contributed by atoms with E-state index in [1.807, 2.05) is 37.3 Å². The van der Waals surface area contributed by atoms with Crippen LogP contribution in [0, 0.1) is 0 Å². The zero-order valence-electron chi connectivity index (χ0n) is 12.4. The minimum Gasteiger partial charge on any atom is -0.465 e. The molecule has 0 amide bonds. The van der Waals surface area contributed by atoms with Gasteiger partial charge in [-0.2, -0.15) is 0 Å². The summed E-state index contributed by atoms with van der Waals surface area (Å²) < 4.78 is 16.2. The number of ether oxygens (including phenoxy) is 3. The predicted octanol–water partition coefficient (Wildman–Crippen LogP) is 3.69. The van der Waals surface area contributed by atoms with Crippen LogP contribution in [0.3, 0.4) is 0 Å². The SMILES string of the molecule is C=C(C)C(=O)Oc1cccc2c(OC(C)OC)cccc12. The van der Waals surface area contributed by atoms with Crippen LogP contribution in [-0.4, -0.2) is 19.4 Å². The lowest BCUT2D eigenvalue weighted by molar-refractivity contribution is -0.129. The van der Waals surface area contributed by atoms with Crippen LogP contribution in [0.1, 0.15) is 13.8 Å².